The van der Waals surface area contributed by atoms with Gasteiger partial charge in [-0.05, 0) is 47.6 Å². The van der Waals surface area contributed by atoms with E-state index in [0.29, 0.717) is 5.56 Å². The molecule has 0 fully saturated rings. The van der Waals surface area contributed by atoms with Crippen LogP contribution < -0.4 is 0 Å². The first-order valence-electron chi connectivity index (χ1n) is 9.27. The van der Waals surface area contributed by atoms with Crippen LogP contribution in [0, 0.1) is 0 Å². The third kappa shape index (κ3) is 6.95. The van der Waals surface area contributed by atoms with E-state index in [-0.39, 0.29) is 0 Å². The van der Waals surface area contributed by atoms with E-state index in [1.165, 1.54) is 55.6 Å². The van der Waals surface area contributed by atoms with Crippen LogP contribution in [0.2, 0.25) is 0 Å². The molecular weight excluding hydrogens is 328 g/mol. The molecule has 1 N–H and O–H groups in total. The van der Waals surface area contributed by atoms with Gasteiger partial charge in [0.1, 0.15) is 0 Å². The number of thioether (sulfide) groups is 1. The first kappa shape index (κ1) is 19.6. The van der Waals surface area contributed by atoms with Crippen LogP contribution in [0.3, 0.4) is 0 Å². The summed E-state index contributed by atoms with van der Waals surface area (Å²) >= 11 is 1.92. The molecular formula is C22H28O2S. The van der Waals surface area contributed by atoms with E-state index in [1.807, 2.05) is 23.9 Å². The van der Waals surface area contributed by atoms with Crippen molar-refractivity contribution in [2.45, 2.75) is 56.8 Å². The number of carboxylic acids is 1. The zero-order chi connectivity index (χ0) is 17.9. The molecule has 2 aromatic rings. The van der Waals surface area contributed by atoms with Gasteiger partial charge in [0.25, 0.3) is 0 Å². The summed E-state index contributed by atoms with van der Waals surface area (Å²) in [6.07, 6.45) is 9.45. The number of carbonyl (C=O) groups is 1. The maximum atomic E-state index is 10.9. The molecule has 25 heavy (non-hydrogen) atoms. The highest BCUT2D eigenvalue weighted by Gasteiger charge is 2.03. The molecule has 0 aliphatic heterocycles. The third-order valence-corrected chi connectivity index (χ3v) is 5.43. The Morgan fingerprint density at radius 3 is 1.88 bits per heavy atom. The molecule has 0 unspecified atom stereocenters. The summed E-state index contributed by atoms with van der Waals surface area (Å²) in [5, 5.41) is 8.95. The van der Waals surface area contributed by atoms with Crippen molar-refractivity contribution in [3.05, 3.63) is 54.1 Å². The molecule has 0 saturated heterocycles. The molecule has 0 heterocycles. The number of hydrogen-bond acceptors (Lipinski definition) is 2. The molecule has 0 atom stereocenters. The van der Waals surface area contributed by atoms with Crippen LogP contribution in [0.5, 0.6) is 0 Å². The number of rotatable bonds is 11. The Morgan fingerprint density at radius 2 is 1.32 bits per heavy atom. The molecule has 3 heteroatoms. The first-order chi connectivity index (χ1) is 12.2. The van der Waals surface area contributed by atoms with E-state index in [9.17, 15) is 4.79 Å². The molecule has 0 bridgehead atoms. The SMILES string of the molecule is CCCCCCCCCSc1ccc(-c2ccc(C(=O)O)cc2)cc1. The van der Waals surface area contributed by atoms with Crippen molar-refractivity contribution in [1.82, 2.24) is 0 Å². The van der Waals surface area contributed by atoms with Gasteiger partial charge in [0.15, 0.2) is 0 Å². The number of hydrogen-bond donors (Lipinski definition) is 1. The number of benzene rings is 2. The Morgan fingerprint density at radius 1 is 0.800 bits per heavy atom. The van der Waals surface area contributed by atoms with Crippen molar-refractivity contribution >= 4 is 17.7 Å². The fourth-order valence-corrected chi connectivity index (χ4v) is 3.71. The summed E-state index contributed by atoms with van der Waals surface area (Å²) in [5.41, 5.74) is 2.50. The van der Waals surface area contributed by atoms with Crippen LogP contribution in [-0.2, 0) is 0 Å². The highest BCUT2D eigenvalue weighted by atomic mass is 32.2. The average Bonchev–Trinajstić information content (AvgIpc) is 2.64. The van der Waals surface area contributed by atoms with Gasteiger partial charge in [0, 0.05) is 4.90 Å². The van der Waals surface area contributed by atoms with Crippen LogP contribution in [0.15, 0.2) is 53.4 Å². The summed E-state index contributed by atoms with van der Waals surface area (Å²) in [4.78, 5) is 12.2. The van der Waals surface area contributed by atoms with Gasteiger partial charge in [-0.2, -0.15) is 0 Å². The molecule has 0 aromatic heterocycles. The van der Waals surface area contributed by atoms with E-state index in [2.05, 4.69) is 31.2 Å². The van der Waals surface area contributed by atoms with Crippen LogP contribution >= 0.6 is 11.8 Å². The lowest BCUT2D eigenvalue weighted by atomic mass is 10.0. The van der Waals surface area contributed by atoms with Gasteiger partial charge in [-0.1, -0.05) is 69.7 Å². The minimum absolute atomic E-state index is 0.325. The zero-order valence-electron chi connectivity index (χ0n) is 15.0. The topological polar surface area (TPSA) is 37.3 Å². The van der Waals surface area contributed by atoms with Crippen molar-refractivity contribution in [2.24, 2.45) is 0 Å². The first-order valence-corrected chi connectivity index (χ1v) is 10.3. The fraction of sp³-hybridized carbons (Fsp3) is 0.409. The van der Waals surface area contributed by atoms with E-state index in [0.717, 1.165) is 11.1 Å². The highest BCUT2D eigenvalue weighted by Crippen LogP contribution is 2.25. The monoisotopic (exact) mass is 356 g/mol. The third-order valence-electron chi connectivity index (χ3n) is 4.34. The molecule has 2 nitrogen and oxygen atoms in total. The molecule has 0 aliphatic rings. The summed E-state index contributed by atoms with van der Waals surface area (Å²) in [6.45, 7) is 2.26. The maximum absolute atomic E-state index is 10.9. The van der Waals surface area contributed by atoms with Gasteiger partial charge < -0.3 is 5.11 Å². The molecule has 0 radical (unpaired) electrons. The van der Waals surface area contributed by atoms with E-state index < -0.39 is 5.97 Å². The van der Waals surface area contributed by atoms with E-state index in [4.69, 9.17) is 5.11 Å². The molecule has 0 spiro atoms. The second-order valence-electron chi connectivity index (χ2n) is 6.38. The summed E-state index contributed by atoms with van der Waals surface area (Å²) in [5.74, 6) is 0.295. The van der Waals surface area contributed by atoms with Gasteiger partial charge in [0.2, 0.25) is 0 Å². The minimum Gasteiger partial charge on any atom is -0.478 e. The maximum Gasteiger partial charge on any atom is 0.335 e. The Labute approximate surface area is 155 Å². The van der Waals surface area contributed by atoms with Crippen LogP contribution in [-0.4, -0.2) is 16.8 Å². The van der Waals surface area contributed by atoms with Crippen molar-refractivity contribution in [2.75, 3.05) is 5.75 Å². The summed E-state index contributed by atoms with van der Waals surface area (Å²) in [7, 11) is 0. The van der Waals surface area contributed by atoms with Crippen LogP contribution in [0.4, 0.5) is 0 Å². The van der Waals surface area contributed by atoms with Gasteiger partial charge in [0.05, 0.1) is 5.56 Å². The van der Waals surface area contributed by atoms with Crippen LogP contribution in [0.25, 0.3) is 11.1 Å². The lowest BCUT2D eigenvalue weighted by Gasteiger charge is -2.05. The predicted octanol–water partition coefficient (Wildman–Crippen LogP) is 6.89. The summed E-state index contributed by atoms with van der Waals surface area (Å²) in [6, 6.07) is 15.6. The molecule has 2 rings (SSSR count). The Kier molecular flexibility index (Phi) is 8.61. The van der Waals surface area contributed by atoms with Gasteiger partial charge in [-0.25, -0.2) is 4.79 Å². The molecule has 0 amide bonds. The minimum atomic E-state index is -0.885. The van der Waals surface area contributed by atoms with Crippen molar-refractivity contribution in [3.63, 3.8) is 0 Å². The number of aromatic carboxylic acids is 1. The summed E-state index contributed by atoms with van der Waals surface area (Å²) < 4.78 is 0. The standard InChI is InChI=1S/C22H28O2S/c1-2-3-4-5-6-7-8-17-25-21-15-13-19(14-16-21)18-9-11-20(12-10-18)22(23)24/h9-16H,2-8,17H2,1H3,(H,23,24). The Balaban J connectivity index is 1.73. The molecule has 134 valence electrons. The van der Waals surface area contributed by atoms with Crippen LogP contribution in [0.1, 0.15) is 62.2 Å². The highest BCUT2D eigenvalue weighted by molar-refractivity contribution is 7.99. The van der Waals surface area contributed by atoms with Gasteiger partial charge in [-0.3, -0.25) is 0 Å². The van der Waals surface area contributed by atoms with Crippen molar-refractivity contribution in [3.8, 4) is 11.1 Å². The van der Waals surface area contributed by atoms with Gasteiger partial charge >= 0.3 is 5.97 Å². The number of unbranched alkanes of at least 4 members (excludes halogenated alkanes) is 6. The number of carboxylic acid groups (broad SMARTS) is 1. The van der Waals surface area contributed by atoms with E-state index >= 15 is 0 Å². The lowest BCUT2D eigenvalue weighted by molar-refractivity contribution is 0.0697. The lowest BCUT2D eigenvalue weighted by Crippen LogP contribution is -1.94. The molecule has 0 saturated carbocycles. The average molecular weight is 357 g/mol. The smallest absolute Gasteiger partial charge is 0.335 e. The van der Waals surface area contributed by atoms with Crippen molar-refractivity contribution in [1.29, 1.82) is 0 Å². The largest absolute Gasteiger partial charge is 0.478 e. The fourth-order valence-electron chi connectivity index (χ4n) is 2.80. The second kappa shape index (κ2) is 11.0. The quantitative estimate of drug-likeness (QED) is 0.351. The van der Waals surface area contributed by atoms with Gasteiger partial charge in [-0.15, -0.1) is 11.8 Å². The second-order valence-corrected chi connectivity index (χ2v) is 7.54. The normalized spacial score (nSPS) is 10.8. The molecule has 2 aromatic carbocycles. The predicted molar refractivity (Wildman–Crippen MR) is 108 cm³/mol. The Hall–Kier alpha value is -1.74. The molecule has 0 aliphatic carbocycles. The zero-order valence-corrected chi connectivity index (χ0v) is 15.9. The van der Waals surface area contributed by atoms with Crippen molar-refractivity contribution < 1.29 is 9.90 Å². The Bertz CT molecular complexity index is 632. The van der Waals surface area contributed by atoms with E-state index in [1.54, 1.807) is 12.1 Å².